The number of amides is 1. The van der Waals surface area contributed by atoms with Crippen LogP contribution in [0.4, 0.5) is 5.69 Å². The van der Waals surface area contributed by atoms with Crippen LogP contribution >= 0.6 is 11.6 Å². The van der Waals surface area contributed by atoms with Gasteiger partial charge in [0.1, 0.15) is 6.04 Å². The molecule has 1 aliphatic rings. The topological polar surface area (TPSA) is 84.0 Å². The van der Waals surface area contributed by atoms with Crippen LogP contribution in [0.25, 0.3) is 0 Å². The van der Waals surface area contributed by atoms with E-state index in [-0.39, 0.29) is 17.8 Å². The van der Waals surface area contributed by atoms with Crippen LogP contribution in [-0.2, 0) is 24.3 Å². The molecule has 7 nitrogen and oxygen atoms in total. The summed E-state index contributed by atoms with van der Waals surface area (Å²) in [6.45, 7) is 2.57. The Morgan fingerprint density at radius 3 is 2.26 bits per heavy atom. The van der Waals surface area contributed by atoms with E-state index in [1.165, 1.54) is 7.11 Å². The number of ether oxygens (including phenoxy) is 1. The summed E-state index contributed by atoms with van der Waals surface area (Å²) in [5.74, 6) is -0.754. The van der Waals surface area contributed by atoms with Crippen molar-refractivity contribution in [2.75, 3.05) is 30.8 Å². The first-order valence-electron chi connectivity index (χ1n) is 8.80. The summed E-state index contributed by atoms with van der Waals surface area (Å²) in [6, 6.07) is 5.50. The predicted molar refractivity (Wildman–Crippen MR) is 104 cm³/mol. The number of likely N-dealkylation sites (tertiary alicyclic amines) is 1. The van der Waals surface area contributed by atoms with E-state index in [4.69, 9.17) is 16.3 Å². The number of sulfonamides is 1. The second kappa shape index (κ2) is 8.93. The maximum absolute atomic E-state index is 13.1. The summed E-state index contributed by atoms with van der Waals surface area (Å²) in [5.41, 5.74) is 0.395. The van der Waals surface area contributed by atoms with Crippen LogP contribution in [-0.4, -0.2) is 57.7 Å². The van der Waals surface area contributed by atoms with E-state index in [0.717, 1.165) is 10.6 Å². The Hall–Kier alpha value is -1.80. The van der Waals surface area contributed by atoms with Gasteiger partial charge in [0.2, 0.25) is 15.9 Å². The van der Waals surface area contributed by atoms with Crippen molar-refractivity contribution in [3.63, 3.8) is 0 Å². The molecule has 1 heterocycles. The number of hydrogen-bond donors (Lipinski definition) is 0. The van der Waals surface area contributed by atoms with Crippen LogP contribution < -0.4 is 4.31 Å². The molecule has 0 unspecified atom stereocenters. The Morgan fingerprint density at radius 2 is 1.81 bits per heavy atom. The second-order valence-corrected chi connectivity index (χ2v) is 8.88. The highest BCUT2D eigenvalue weighted by atomic mass is 35.5. The fourth-order valence-electron chi connectivity index (χ4n) is 3.34. The molecule has 2 rings (SSSR count). The van der Waals surface area contributed by atoms with Crippen LogP contribution in [0.2, 0.25) is 5.02 Å². The maximum atomic E-state index is 13.1. The third-order valence-corrected chi connectivity index (χ3v) is 6.17. The molecular formula is C18H25ClN2O5S. The molecule has 0 radical (unpaired) electrons. The van der Waals surface area contributed by atoms with Crippen molar-refractivity contribution < 1.29 is 22.7 Å². The van der Waals surface area contributed by atoms with Gasteiger partial charge in [0.25, 0.3) is 0 Å². The highest BCUT2D eigenvalue weighted by molar-refractivity contribution is 7.92. The van der Waals surface area contributed by atoms with Crippen LogP contribution in [0.15, 0.2) is 24.3 Å². The summed E-state index contributed by atoms with van der Waals surface area (Å²) in [5, 5.41) is 0.483. The Kier molecular flexibility index (Phi) is 7.11. The van der Waals surface area contributed by atoms with Gasteiger partial charge in [0.15, 0.2) is 0 Å². The van der Waals surface area contributed by atoms with E-state index in [1.807, 2.05) is 0 Å². The number of hydrogen-bond acceptors (Lipinski definition) is 5. The van der Waals surface area contributed by atoms with Gasteiger partial charge in [-0.1, -0.05) is 18.5 Å². The number of piperidine rings is 1. The van der Waals surface area contributed by atoms with E-state index in [2.05, 4.69) is 0 Å². The van der Waals surface area contributed by atoms with Crippen LogP contribution in [0.3, 0.4) is 0 Å². The van der Waals surface area contributed by atoms with E-state index < -0.39 is 16.1 Å². The number of anilines is 1. The molecule has 1 amide bonds. The molecule has 0 N–H and O–H groups in total. The fourth-order valence-corrected chi connectivity index (χ4v) is 4.68. The molecule has 1 aromatic carbocycles. The van der Waals surface area contributed by atoms with Gasteiger partial charge in [-0.15, -0.1) is 0 Å². The van der Waals surface area contributed by atoms with E-state index in [9.17, 15) is 18.0 Å². The smallest absolute Gasteiger partial charge is 0.308 e. The van der Waals surface area contributed by atoms with Gasteiger partial charge in [-0.05, 0) is 43.5 Å². The zero-order chi connectivity index (χ0) is 20.2. The largest absolute Gasteiger partial charge is 0.469 e. The van der Waals surface area contributed by atoms with Gasteiger partial charge in [-0.2, -0.15) is 0 Å². The van der Waals surface area contributed by atoms with E-state index >= 15 is 0 Å². The minimum Gasteiger partial charge on any atom is -0.469 e. The molecule has 1 aliphatic heterocycles. The van der Waals surface area contributed by atoms with Gasteiger partial charge in [-0.3, -0.25) is 13.9 Å². The molecule has 150 valence electrons. The Labute approximate surface area is 165 Å². The lowest BCUT2D eigenvalue weighted by molar-refractivity contribution is -0.149. The van der Waals surface area contributed by atoms with Gasteiger partial charge in [-0.25, -0.2) is 8.42 Å². The zero-order valence-electron chi connectivity index (χ0n) is 15.7. The van der Waals surface area contributed by atoms with E-state index in [0.29, 0.717) is 43.1 Å². The molecule has 0 saturated carbocycles. The molecular weight excluding hydrogens is 392 g/mol. The minimum absolute atomic E-state index is 0.221. The number of methoxy groups -OCH3 is 1. The van der Waals surface area contributed by atoms with Crippen molar-refractivity contribution in [2.24, 2.45) is 5.92 Å². The summed E-state index contributed by atoms with van der Waals surface area (Å²) < 4.78 is 30.8. The van der Waals surface area contributed by atoms with Crippen molar-refractivity contribution in [1.82, 2.24) is 4.90 Å². The van der Waals surface area contributed by atoms with Crippen molar-refractivity contribution in [1.29, 1.82) is 0 Å². The lowest BCUT2D eigenvalue weighted by atomic mass is 9.96. The van der Waals surface area contributed by atoms with E-state index in [1.54, 1.807) is 36.1 Å². The summed E-state index contributed by atoms with van der Waals surface area (Å²) in [4.78, 5) is 26.4. The highest BCUT2D eigenvalue weighted by Gasteiger charge is 2.36. The fraction of sp³-hybridized carbons (Fsp3) is 0.556. The number of halogens is 1. The third kappa shape index (κ3) is 5.13. The molecule has 1 atom stereocenters. The summed E-state index contributed by atoms with van der Waals surface area (Å²) >= 11 is 5.90. The summed E-state index contributed by atoms with van der Waals surface area (Å²) in [6.07, 6.45) is 2.43. The van der Waals surface area contributed by atoms with Gasteiger partial charge < -0.3 is 9.64 Å². The summed E-state index contributed by atoms with van der Waals surface area (Å²) in [7, 11) is -2.34. The number of nitrogens with zero attached hydrogens (tertiary/aromatic N) is 2. The quantitative estimate of drug-likeness (QED) is 0.664. The molecule has 1 saturated heterocycles. The number of esters is 1. The molecule has 27 heavy (non-hydrogen) atoms. The average molecular weight is 417 g/mol. The first-order valence-corrected chi connectivity index (χ1v) is 11.0. The molecule has 0 aliphatic carbocycles. The molecule has 1 aromatic rings. The molecule has 0 bridgehead atoms. The van der Waals surface area contributed by atoms with Crippen LogP contribution in [0.5, 0.6) is 0 Å². The highest BCUT2D eigenvalue weighted by Crippen LogP contribution is 2.27. The lowest BCUT2D eigenvalue weighted by Gasteiger charge is -2.37. The Balaban J connectivity index is 2.23. The minimum atomic E-state index is -3.69. The first kappa shape index (κ1) is 21.5. The SMILES string of the molecule is CC[C@@H](C(=O)N1CCC(C(=O)OC)CC1)N(c1ccc(Cl)cc1)S(C)(=O)=O. The maximum Gasteiger partial charge on any atom is 0.308 e. The third-order valence-electron chi connectivity index (χ3n) is 4.73. The number of rotatable bonds is 6. The normalized spacial score (nSPS) is 16.7. The van der Waals surface area contributed by atoms with Crippen molar-refractivity contribution >= 4 is 39.2 Å². The number of carbonyl (C=O) groups excluding carboxylic acids is 2. The zero-order valence-corrected chi connectivity index (χ0v) is 17.3. The predicted octanol–water partition coefficient (Wildman–Crippen LogP) is 2.30. The standard InChI is InChI=1S/C18H25ClN2O5S/c1-4-16(17(22)20-11-9-13(10-12-20)18(23)26-2)21(27(3,24)25)15-7-5-14(19)6-8-15/h5-8,13,16H,4,9-12H2,1-3H3/t16-/m0/s1. The van der Waals surface area contributed by atoms with Gasteiger partial charge in [0, 0.05) is 18.1 Å². The van der Waals surface area contributed by atoms with Gasteiger partial charge >= 0.3 is 5.97 Å². The molecule has 9 heteroatoms. The molecule has 0 spiro atoms. The number of benzene rings is 1. The number of carbonyl (C=O) groups is 2. The monoisotopic (exact) mass is 416 g/mol. The Morgan fingerprint density at radius 1 is 1.26 bits per heavy atom. The molecule has 0 aromatic heterocycles. The molecule has 1 fully saturated rings. The average Bonchev–Trinajstić information content (AvgIpc) is 2.65. The van der Waals surface area contributed by atoms with Crippen LogP contribution in [0.1, 0.15) is 26.2 Å². The van der Waals surface area contributed by atoms with Crippen molar-refractivity contribution in [3.05, 3.63) is 29.3 Å². The lowest BCUT2D eigenvalue weighted by Crippen LogP contribution is -2.52. The van der Waals surface area contributed by atoms with Crippen molar-refractivity contribution in [2.45, 2.75) is 32.2 Å². The van der Waals surface area contributed by atoms with Crippen LogP contribution in [0, 0.1) is 5.92 Å². The first-order chi connectivity index (χ1) is 12.7. The van der Waals surface area contributed by atoms with Crippen molar-refractivity contribution in [3.8, 4) is 0 Å². The second-order valence-electron chi connectivity index (χ2n) is 6.58. The Bertz CT molecular complexity index is 773. The van der Waals surface area contributed by atoms with Gasteiger partial charge in [0.05, 0.1) is 25.0 Å².